The molecule has 0 fully saturated rings. The van der Waals surface area contributed by atoms with Gasteiger partial charge in [0, 0.05) is 25.3 Å². The van der Waals surface area contributed by atoms with Gasteiger partial charge in [0.05, 0.1) is 0 Å². The highest BCUT2D eigenvalue weighted by atomic mass is 19.1. The van der Waals surface area contributed by atoms with Crippen molar-refractivity contribution in [1.82, 2.24) is 5.32 Å². The topological polar surface area (TPSA) is 15.3 Å². The van der Waals surface area contributed by atoms with Crippen LogP contribution in [0.3, 0.4) is 0 Å². The van der Waals surface area contributed by atoms with Gasteiger partial charge in [-0.05, 0) is 32.1 Å². The van der Waals surface area contributed by atoms with Crippen molar-refractivity contribution in [3.63, 3.8) is 0 Å². The lowest BCUT2D eigenvalue weighted by Gasteiger charge is -2.17. The second kappa shape index (κ2) is 4.96. The Morgan fingerprint density at radius 3 is 2.64 bits per heavy atom. The van der Waals surface area contributed by atoms with Gasteiger partial charge in [0.15, 0.2) is 0 Å². The summed E-state index contributed by atoms with van der Waals surface area (Å²) in [6.07, 6.45) is 0.719. The number of nitrogens with zero attached hydrogens (tertiary/aromatic N) is 1. The third-order valence-corrected chi connectivity index (χ3v) is 2.20. The maximum atomic E-state index is 13.5. The van der Waals surface area contributed by atoms with Crippen molar-refractivity contribution in [2.24, 2.45) is 0 Å². The molecule has 1 rings (SSSR count). The molecular formula is C11H17FN2. The quantitative estimate of drug-likeness (QED) is 0.787. The summed E-state index contributed by atoms with van der Waals surface area (Å²) in [6, 6.07) is 5.19. The molecule has 14 heavy (non-hydrogen) atoms. The van der Waals surface area contributed by atoms with Crippen LogP contribution in [0.1, 0.15) is 5.56 Å². The predicted molar refractivity (Wildman–Crippen MR) is 58.4 cm³/mol. The summed E-state index contributed by atoms with van der Waals surface area (Å²) < 4.78 is 13.5. The van der Waals surface area contributed by atoms with Crippen LogP contribution in [0.4, 0.5) is 10.1 Å². The van der Waals surface area contributed by atoms with Crippen molar-refractivity contribution < 1.29 is 4.39 Å². The van der Waals surface area contributed by atoms with E-state index in [1.165, 1.54) is 6.07 Å². The van der Waals surface area contributed by atoms with Crippen LogP contribution >= 0.6 is 0 Å². The van der Waals surface area contributed by atoms with Gasteiger partial charge in [0.25, 0.3) is 0 Å². The number of benzene rings is 1. The average Bonchev–Trinajstić information content (AvgIpc) is 2.15. The molecule has 1 aromatic rings. The normalized spacial score (nSPS) is 10.3. The fourth-order valence-corrected chi connectivity index (χ4v) is 1.46. The summed E-state index contributed by atoms with van der Waals surface area (Å²) in [6.45, 7) is 0.793. The second-order valence-electron chi connectivity index (χ2n) is 3.49. The van der Waals surface area contributed by atoms with E-state index in [0.29, 0.717) is 0 Å². The summed E-state index contributed by atoms with van der Waals surface area (Å²) in [5.74, 6) is -0.119. The van der Waals surface area contributed by atoms with Gasteiger partial charge in [0.2, 0.25) is 0 Å². The first-order chi connectivity index (χ1) is 6.66. The number of anilines is 1. The van der Waals surface area contributed by atoms with Gasteiger partial charge in [-0.15, -0.1) is 0 Å². The summed E-state index contributed by atoms with van der Waals surface area (Å²) in [5, 5.41) is 3.02. The molecule has 1 N–H and O–H groups in total. The number of nitrogens with one attached hydrogen (secondary N) is 1. The fourth-order valence-electron chi connectivity index (χ4n) is 1.46. The number of likely N-dealkylation sites (N-methyl/N-ethyl adjacent to an activating group) is 1. The van der Waals surface area contributed by atoms with Gasteiger partial charge in [-0.2, -0.15) is 0 Å². The first-order valence-corrected chi connectivity index (χ1v) is 4.76. The fraction of sp³-hybridized carbons (Fsp3) is 0.455. The maximum Gasteiger partial charge on any atom is 0.128 e. The largest absolute Gasteiger partial charge is 0.377 e. The van der Waals surface area contributed by atoms with Crippen molar-refractivity contribution in [3.8, 4) is 0 Å². The minimum atomic E-state index is -0.119. The Hall–Kier alpha value is -1.09. The predicted octanol–water partition coefficient (Wildman–Crippen LogP) is 1.65. The van der Waals surface area contributed by atoms with E-state index in [1.807, 2.05) is 32.1 Å². The van der Waals surface area contributed by atoms with Crippen molar-refractivity contribution in [2.75, 3.05) is 32.6 Å². The smallest absolute Gasteiger partial charge is 0.128 e. The third-order valence-electron chi connectivity index (χ3n) is 2.20. The molecule has 0 atom stereocenters. The summed E-state index contributed by atoms with van der Waals surface area (Å²) >= 11 is 0. The first kappa shape index (κ1) is 11.0. The molecule has 0 amide bonds. The third kappa shape index (κ3) is 2.45. The van der Waals surface area contributed by atoms with E-state index in [-0.39, 0.29) is 5.82 Å². The molecule has 78 valence electrons. The van der Waals surface area contributed by atoms with E-state index in [2.05, 4.69) is 5.32 Å². The van der Waals surface area contributed by atoms with E-state index in [4.69, 9.17) is 0 Å². The molecule has 0 aliphatic carbocycles. The SMILES string of the molecule is CNCCc1c(F)cccc1N(C)C. The van der Waals surface area contributed by atoms with E-state index < -0.39 is 0 Å². The van der Waals surface area contributed by atoms with Gasteiger partial charge in [-0.25, -0.2) is 4.39 Å². The lowest BCUT2D eigenvalue weighted by molar-refractivity contribution is 0.604. The highest BCUT2D eigenvalue weighted by Crippen LogP contribution is 2.21. The zero-order valence-corrected chi connectivity index (χ0v) is 8.97. The summed E-state index contributed by atoms with van der Waals surface area (Å²) in [5.41, 5.74) is 1.74. The standard InChI is InChI=1S/C11H17FN2/c1-13-8-7-9-10(12)5-4-6-11(9)14(2)3/h4-6,13H,7-8H2,1-3H3. The molecule has 0 radical (unpaired) electrons. The minimum Gasteiger partial charge on any atom is -0.377 e. The highest BCUT2D eigenvalue weighted by molar-refractivity contribution is 5.53. The molecule has 2 nitrogen and oxygen atoms in total. The molecule has 0 saturated heterocycles. The molecule has 0 heterocycles. The van der Waals surface area contributed by atoms with Gasteiger partial charge in [-0.1, -0.05) is 6.07 Å². The summed E-state index contributed by atoms with van der Waals surface area (Å²) in [7, 11) is 5.73. The molecular weight excluding hydrogens is 179 g/mol. The van der Waals surface area contributed by atoms with Crippen LogP contribution in [-0.4, -0.2) is 27.7 Å². The van der Waals surface area contributed by atoms with Crippen molar-refractivity contribution in [2.45, 2.75) is 6.42 Å². The van der Waals surface area contributed by atoms with Gasteiger partial charge >= 0.3 is 0 Å². The number of hydrogen-bond donors (Lipinski definition) is 1. The van der Waals surface area contributed by atoms with Crippen LogP contribution in [0.25, 0.3) is 0 Å². The number of rotatable bonds is 4. The molecule has 0 bridgehead atoms. The monoisotopic (exact) mass is 196 g/mol. The van der Waals surface area contributed by atoms with Crippen LogP contribution in [0.15, 0.2) is 18.2 Å². The van der Waals surface area contributed by atoms with Crippen LogP contribution in [0.5, 0.6) is 0 Å². The molecule has 0 aliphatic rings. The van der Waals surface area contributed by atoms with E-state index >= 15 is 0 Å². The Labute approximate surface area is 84.7 Å². The maximum absolute atomic E-state index is 13.5. The highest BCUT2D eigenvalue weighted by Gasteiger charge is 2.08. The Morgan fingerprint density at radius 2 is 2.07 bits per heavy atom. The van der Waals surface area contributed by atoms with Gasteiger partial charge in [-0.3, -0.25) is 0 Å². The van der Waals surface area contributed by atoms with Crippen LogP contribution in [-0.2, 0) is 6.42 Å². The number of halogens is 1. The lowest BCUT2D eigenvalue weighted by atomic mass is 10.1. The molecule has 1 aromatic carbocycles. The van der Waals surface area contributed by atoms with E-state index in [0.717, 1.165) is 24.2 Å². The van der Waals surface area contributed by atoms with Crippen molar-refractivity contribution in [1.29, 1.82) is 0 Å². The molecule has 0 unspecified atom stereocenters. The molecule has 3 heteroatoms. The second-order valence-corrected chi connectivity index (χ2v) is 3.49. The first-order valence-electron chi connectivity index (χ1n) is 4.76. The Morgan fingerprint density at radius 1 is 1.36 bits per heavy atom. The number of hydrogen-bond acceptors (Lipinski definition) is 2. The summed E-state index contributed by atoms with van der Waals surface area (Å²) in [4.78, 5) is 1.94. The van der Waals surface area contributed by atoms with E-state index in [9.17, 15) is 4.39 Å². The molecule has 0 aliphatic heterocycles. The molecule has 0 saturated carbocycles. The Balaban J connectivity index is 2.96. The van der Waals surface area contributed by atoms with Gasteiger partial charge < -0.3 is 10.2 Å². The average molecular weight is 196 g/mol. The van der Waals surface area contributed by atoms with Crippen LogP contribution < -0.4 is 10.2 Å². The minimum absolute atomic E-state index is 0.119. The Bertz CT molecular complexity index is 297. The van der Waals surface area contributed by atoms with E-state index in [1.54, 1.807) is 6.07 Å². The zero-order chi connectivity index (χ0) is 10.6. The van der Waals surface area contributed by atoms with Crippen molar-refractivity contribution >= 4 is 5.69 Å². The zero-order valence-electron chi connectivity index (χ0n) is 8.97. The Kier molecular flexibility index (Phi) is 3.89. The van der Waals surface area contributed by atoms with Crippen LogP contribution in [0.2, 0.25) is 0 Å². The van der Waals surface area contributed by atoms with Crippen LogP contribution in [0, 0.1) is 5.82 Å². The molecule has 0 spiro atoms. The van der Waals surface area contributed by atoms with Gasteiger partial charge in [0.1, 0.15) is 5.82 Å². The molecule has 0 aromatic heterocycles. The van der Waals surface area contributed by atoms with Crippen molar-refractivity contribution in [3.05, 3.63) is 29.6 Å². The lowest BCUT2D eigenvalue weighted by Crippen LogP contribution is -2.16.